The van der Waals surface area contributed by atoms with Gasteiger partial charge in [-0.2, -0.15) is 11.3 Å². The third kappa shape index (κ3) is 3.18. The molecule has 0 aliphatic carbocycles. The number of aromatic nitrogens is 1. The number of rotatable bonds is 5. The van der Waals surface area contributed by atoms with Crippen molar-refractivity contribution in [3.63, 3.8) is 0 Å². The topological polar surface area (TPSA) is 24.9 Å². The zero-order valence-corrected chi connectivity index (χ0v) is 12.1. The van der Waals surface area contributed by atoms with Gasteiger partial charge in [0.2, 0.25) is 0 Å². The van der Waals surface area contributed by atoms with Crippen LogP contribution in [-0.2, 0) is 6.42 Å². The standard InChI is InChI=1S/C15H20N2S/c1-4-16-14(8-13-5-6-18-10-13)15-12(3)7-11(2)9-17-15/h5-7,9-10,14,16H,4,8H2,1-3H3. The Morgan fingerprint density at radius 3 is 2.83 bits per heavy atom. The van der Waals surface area contributed by atoms with Crippen molar-refractivity contribution in [2.24, 2.45) is 0 Å². The van der Waals surface area contributed by atoms with Crippen LogP contribution < -0.4 is 5.32 Å². The van der Waals surface area contributed by atoms with Crippen molar-refractivity contribution in [1.29, 1.82) is 0 Å². The Labute approximate surface area is 113 Å². The Morgan fingerprint density at radius 1 is 1.39 bits per heavy atom. The van der Waals surface area contributed by atoms with Gasteiger partial charge in [0.1, 0.15) is 0 Å². The van der Waals surface area contributed by atoms with E-state index in [0.29, 0.717) is 6.04 Å². The molecule has 0 aliphatic heterocycles. The zero-order chi connectivity index (χ0) is 13.0. The lowest BCUT2D eigenvalue weighted by molar-refractivity contribution is 0.534. The van der Waals surface area contributed by atoms with Crippen LogP contribution in [0.25, 0.3) is 0 Å². The number of hydrogen-bond donors (Lipinski definition) is 1. The predicted octanol–water partition coefficient (Wildman–Crippen LogP) is 3.65. The van der Waals surface area contributed by atoms with Crippen LogP contribution in [0.15, 0.2) is 29.1 Å². The van der Waals surface area contributed by atoms with Gasteiger partial charge in [0, 0.05) is 6.20 Å². The molecule has 18 heavy (non-hydrogen) atoms. The molecule has 0 radical (unpaired) electrons. The van der Waals surface area contributed by atoms with Gasteiger partial charge in [0.15, 0.2) is 0 Å². The van der Waals surface area contributed by atoms with E-state index < -0.39 is 0 Å². The maximum Gasteiger partial charge on any atom is 0.0605 e. The first-order chi connectivity index (χ1) is 8.70. The van der Waals surface area contributed by atoms with Gasteiger partial charge in [-0.25, -0.2) is 0 Å². The summed E-state index contributed by atoms with van der Waals surface area (Å²) in [4.78, 5) is 4.62. The van der Waals surface area contributed by atoms with Crippen molar-refractivity contribution in [2.45, 2.75) is 33.2 Å². The number of likely N-dealkylation sites (N-methyl/N-ethyl adjacent to an activating group) is 1. The summed E-state index contributed by atoms with van der Waals surface area (Å²) in [5.74, 6) is 0. The van der Waals surface area contributed by atoms with E-state index in [9.17, 15) is 0 Å². The molecule has 0 fully saturated rings. The Kier molecular flexibility index (Phi) is 4.50. The molecule has 0 amide bonds. The minimum Gasteiger partial charge on any atom is -0.309 e. The third-order valence-corrected chi connectivity index (χ3v) is 3.79. The van der Waals surface area contributed by atoms with E-state index in [-0.39, 0.29) is 0 Å². The molecular formula is C15H20N2S. The van der Waals surface area contributed by atoms with Crippen LogP contribution in [0.2, 0.25) is 0 Å². The van der Waals surface area contributed by atoms with Gasteiger partial charge in [-0.15, -0.1) is 0 Å². The van der Waals surface area contributed by atoms with Gasteiger partial charge in [-0.05, 0) is 60.3 Å². The first-order valence-electron chi connectivity index (χ1n) is 6.38. The summed E-state index contributed by atoms with van der Waals surface area (Å²) >= 11 is 1.75. The molecule has 2 aromatic heterocycles. The van der Waals surface area contributed by atoms with Gasteiger partial charge >= 0.3 is 0 Å². The average Bonchev–Trinajstić information content (AvgIpc) is 2.81. The molecule has 1 atom stereocenters. The number of thiophene rings is 1. The first kappa shape index (κ1) is 13.2. The van der Waals surface area contributed by atoms with E-state index in [4.69, 9.17) is 0 Å². The van der Waals surface area contributed by atoms with E-state index in [1.807, 2.05) is 6.20 Å². The minimum absolute atomic E-state index is 0.310. The molecule has 3 heteroatoms. The summed E-state index contributed by atoms with van der Waals surface area (Å²) in [5.41, 5.74) is 5.06. The first-order valence-corrected chi connectivity index (χ1v) is 7.32. The quantitative estimate of drug-likeness (QED) is 0.887. The molecule has 0 saturated heterocycles. The number of nitrogens with zero attached hydrogens (tertiary/aromatic N) is 1. The highest BCUT2D eigenvalue weighted by Gasteiger charge is 2.15. The van der Waals surface area contributed by atoms with Crippen molar-refractivity contribution in [1.82, 2.24) is 10.3 Å². The van der Waals surface area contributed by atoms with Gasteiger partial charge in [0.05, 0.1) is 11.7 Å². The highest BCUT2D eigenvalue weighted by atomic mass is 32.1. The van der Waals surface area contributed by atoms with Crippen LogP contribution in [0.4, 0.5) is 0 Å². The molecule has 2 nitrogen and oxygen atoms in total. The van der Waals surface area contributed by atoms with E-state index >= 15 is 0 Å². The van der Waals surface area contributed by atoms with E-state index in [2.05, 4.69) is 54.0 Å². The lowest BCUT2D eigenvalue weighted by atomic mass is 10.0. The zero-order valence-electron chi connectivity index (χ0n) is 11.2. The van der Waals surface area contributed by atoms with Crippen LogP contribution in [-0.4, -0.2) is 11.5 Å². The number of pyridine rings is 1. The van der Waals surface area contributed by atoms with Crippen LogP contribution in [0, 0.1) is 13.8 Å². The van der Waals surface area contributed by atoms with Crippen LogP contribution >= 0.6 is 11.3 Å². The minimum atomic E-state index is 0.310. The fraction of sp³-hybridized carbons (Fsp3) is 0.400. The molecule has 0 aromatic carbocycles. The van der Waals surface area contributed by atoms with Gasteiger partial charge < -0.3 is 5.32 Å². The highest BCUT2D eigenvalue weighted by molar-refractivity contribution is 7.07. The van der Waals surface area contributed by atoms with Crippen molar-refractivity contribution < 1.29 is 0 Å². The van der Waals surface area contributed by atoms with Crippen LogP contribution in [0.5, 0.6) is 0 Å². The third-order valence-electron chi connectivity index (χ3n) is 3.06. The van der Waals surface area contributed by atoms with Crippen LogP contribution in [0.1, 0.15) is 35.3 Å². The lowest BCUT2D eigenvalue weighted by Crippen LogP contribution is -2.24. The fourth-order valence-corrected chi connectivity index (χ4v) is 2.93. The number of nitrogens with one attached hydrogen (secondary N) is 1. The van der Waals surface area contributed by atoms with Crippen LogP contribution in [0.3, 0.4) is 0 Å². The Morgan fingerprint density at radius 2 is 2.22 bits per heavy atom. The fourth-order valence-electron chi connectivity index (χ4n) is 2.25. The molecule has 1 N–H and O–H groups in total. The van der Waals surface area contributed by atoms with Crippen molar-refractivity contribution >= 4 is 11.3 Å². The Hall–Kier alpha value is -1.19. The second-order valence-electron chi connectivity index (χ2n) is 4.66. The largest absolute Gasteiger partial charge is 0.309 e. The van der Waals surface area contributed by atoms with E-state index in [0.717, 1.165) is 13.0 Å². The second kappa shape index (κ2) is 6.12. The maximum absolute atomic E-state index is 4.62. The van der Waals surface area contributed by atoms with E-state index in [1.165, 1.54) is 22.4 Å². The summed E-state index contributed by atoms with van der Waals surface area (Å²) in [6.07, 6.45) is 2.97. The van der Waals surface area contributed by atoms with Gasteiger partial charge in [0.25, 0.3) is 0 Å². The summed E-state index contributed by atoms with van der Waals surface area (Å²) in [6, 6.07) is 4.71. The van der Waals surface area contributed by atoms with Gasteiger partial charge in [-0.1, -0.05) is 13.0 Å². The lowest BCUT2D eigenvalue weighted by Gasteiger charge is -2.19. The second-order valence-corrected chi connectivity index (χ2v) is 5.44. The summed E-state index contributed by atoms with van der Waals surface area (Å²) in [5, 5.41) is 7.89. The molecule has 0 aliphatic rings. The van der Waals surface area contributed by atoms with E-state index in [1.54, 1.807) is 11.3 Å². The summed E-state index contributed by atoms with van der Waals surface area (Å²) in [6.45, 7) is 7.34. The molecule has 2 aromatic rings. The number of aryl methyl sites for hydroxylation is 2. The molecule has 96 valence electrons. The maximum atomic E-state index is 4.62. The average molecular weight is 260 g/mol. The Balaban J connectivity index is 2.23. The summed E-state index contributed by atoms with van der Waals surface area (Å²) < 4.78 is 0. The summed E-state index contributed by atoms with van der Waals surface area (Å²) in [7, 11) is 0. The normalized spacial score (nSPS) is 12.6. The Bertz CT molecular complexity index is 491. The molecule has 2 heterocycles. The molecule has 0 spiro atoms. The van der Waals surface area contributed by atoms with Crippen molar-refractivity contribution in [3.8, 4) is 0 Å². The SMILES string of the molecule is CCNC(Cc1ccsc1)c1ncc(C)cc1C. The molecule has 1 unspecified atom stereocenters. The monoisotopic (exact) mass is 260 g/mol. The van der Waals surface area contributed by atoms with Crippen molar-refractivity contribution in [3.05, 3.63) is 51.5 Å². The molecule has 0 bridgehead atoms. The van der Waals surface area contributed by atoms with Gasteiger partial charge in [-0.3, -0.25) is 4.98 Å². The highest BCUT2D eigenvalue weighted by Crippen LogP contribution is 2.21. The molecule has 2 rings (SSSR count). The smallest absolute Gasteiger partial charge is 0.0605 e. The molecular weight excluding hydrogens is 240 g/mol. The number of hydrogen-bond acceptors (Lipinski definition) is 3. The molecule has 0 saturated carbocycles. The van der Waals surface area contributed by atoms with Crippen molar-refractivity contribution in [2.75, 3.05) is 6.54 Å². The predicted molar refractivity (Wildman–Crippen MR) is 78.2 cm³/mol.